The predicted octanol–water partition coefficient (Wildman–Crippen LogP) is 4.80. The molecule has 1 N–H and O–H groups in total. The molecule has 208 valence electrons. The van der Waals surface area contributed by atoms with Gasteiger partial charge in [0.15, 0.2) is 0 Å². The van der Waals surface area contributed by atoms with Gasteiger partial charge in [0.2, 0.25) is 21.8 Å². The molecule has 0 bridgehead atoms. The molecule has 3 rings (SSSR count). The first-order valence-corrected chi connectivity index (χ1v) is 14.9. The summed E-state index contributed by atoms with van der Waals surface area (Å²) in [7, 11) is -3.92. The van der Waals surface area contributed by atoms with Crippen LogP contribution >= 0.6 is 11.6 Å². The molecule has 0 radical (unpaired) electrons. The van der Waals surface area contributed by atoms with Crippen molar-refractivity contribution < 1.29 is 22.4 Å². The largest absolute Gasteiger partial charge is 0.354 e. The standard InChI is InChI=1S/C29H33ClFN3O4S/c1-3-4-17-32-29(36)27(19-22-9-6-5-7-10-22)33(20-23-11-8-12-24(30)18-23)28(35)21-34(39(2,37)38)26-15-13-25(31)14-16-26/h5-16,18,27H,3-4,17,19-21H2,1-2H3,(H,32,36). The molecule has 1 unspecified atom stereocenters. The van der Waals surface area contributed by atoms with Gasteiger partial charge in [-0.1, -0.05) is 67.4 Å². The smallest absolute Gasteiger partial charge is 0.244 e. The van der Waals surface area contributed by atoms with E-state index in [0.717, 1.165) is 41.1 Å². The second-order valence-electron chi connectivity index (χ2n) is 9.25. The SMILES string of the molecule is CCCCNC(=O)C(Cc1ccccc1)N(Cc1cccc(Cl)c1)C(=O)CN(c1ccc(F)cc1)S(C)(=O)=O. The van der Waals surface area contributed by atoms with Crippen molar-refractivity contribution in [3.8, 4) is 0 Å². The molecule has 3 aromatic carbocycles. The minimum Gasteiger partial charge on any atom is -0.354 e. The van der Waals surface area contributed by atoms with Gasteiger partial charge in [0, 0.05) is 24.5 Å². The van der Waals surface area contributed by atoms with Crippen LogP contribution in [0, 0.1) is 5.82 Å². The highest BCUT2D eigenvalue weighted by atomic mass is 35.5. The van der Waals surface area contributed by atoms with Crippen molar-refractivity contribution in [3.63, 3.8) is 0 Å². The number of sulfonamides is 1. The Morgan fingerprint density at radius 2 is 1.64 bits per heavy atom. The van der Waals surface area contributed by atoms with E-state index < -0.39 is 34.3 Å². The van der Waals surface area contributed by atoms with Crippen LogP contribution in [0.2, 0.25) is 5.02 Å². The second-order valence-corrected chi connectivity index (χ2v) is 11.6. The maximum absolute atomic E-state index is 13.9. The molecule has 39 heavy (non-hydrogen) atoms. The van der Waals surface area contributed by atoms with Crippen molar-refractivity contribution >= 4 is 39.1 Å². The highest BCUT2D eigenvalue weighted by Gasteiger charge is 2.33. The van der Waals surface area contributed by atoms with Crippen molar-refractivity contribution in [2.75, 3.05) is 23.7 Å². The molecular weight excluding hydrogens is 541 g/mol. The Labute approximate surface area is 234 Å². The summed E-state index contributed by atoms with van der Waals surface area (Å²) in [6.07, 6.45) is 2.86. The lowest BCUT2D eigenvalue weighted by molar-refractivity contribution is -0.140. The fourth-order valence-corrected chi connectivity index (χ4v) is 5.18. The number of nitrogens with zero attached hydrogens (tertiary/aromatic N) is 2. The van der Waals surface area contributed by atoms with E-state index in [9.17, 15) is 22.4 Å². The van der Waals surface area contributed by atoms with Gasteiger partial charge in [-0.2, -0.15) is 0 Å². The van der Waals surface area contributed by atoms with Crippen LogP contribution in [0.4, 0.5) is 10.1 Å². The lowest BCUT2D eigenvalue weighted by atomic mass is 10.0. The van der Waals surface area contributed by atoms with Crippen LogP contribution in [0.25, 0.3) is 0 Å². The number of benzene rings is 3. The van der Waals surface area contributed by atoms with Gasteiger partial charge in [-0.15, -0.1) is 0 Å². The Kier molecular flexibility index (Phi) is 10.9. The number of unbranched alkanes of at least 4 members (excludes halogenated alkanes) is 1. The Balaban J connectivity index is 2.02. The zero-order valence-electron chi connectivity index (χ0n) is 22.0. The molecule has 0 aliphatic rings. The molecule has 10 heteroatoms. The van der Waals surface area contributed by atoms with Crippen LogP contribution < -0.4 is 9.62 Å². The summed E-state index contributed by atoms with van der Waals surface area (Å²) in [6, 6.07) is 20.2. The van der Waals surface area contributed by atoms with Crippen LogP contribution in [0.5, 0.6) is 0 Å². The lowest BCUT2D eigenvalue weighted by Crippen LogP contribution is -2.53. The van der Waals surface area contributed by atoms with E-state index in [1.807, 2.05) is 37.3 Å². The van der Waals surface area contributed by atoms with Gasteiger partial charge in [0.05, 0.1) is 11.9 Å². The van der Waals surface area contributed by atoms with E-state index in [-0.39, 0.29) is 24.6 Å². The van der Waals surface area contributed by atoms with E-state index in [0.29, 0.717) is 17.1 Å². The average molecular weight is 574 g/mol. The summed E-state index contributed by atoms with van der Waals surface area (Å²) in [4.78, 5) is 28.8. The lowest BCUT2D eigenvalue weighted by Gasteiger charge is -2.33. The van der Waals surface area contributed by atoms with E-state index in [1.165, 1.54) is 17.0 Å². The van der Waals surface area contributed by atoms with Gasteiger partial charge in [0.25, 0.3) is 0 Å². The number of carbonyl (C=O) groups excluding carboxylic acids is 2. The first-order valence-electron chi connectivity index (χ1n) is 12.7. The Bertz CT molecular complexity index is 1350. The maximum Gasteiger partial charge on any atom is 0.244 e. The monoisotopic (exact) mass is 573 g/mol. The normalized spacial score (nSPS) is 12.0. The quantitative estimate of drug-likeness (QED) is 0.298. The molecular formula is C29H33ClFN3O4S. The van der Waals surface area contributed by atoms with Gasteiger partial charge in [-0.05, 0) is 53.9 Å². The van der Waals surface area contributed by atoms with Crippen LogP contribution in [-0.2, 0) is 32.6 Å². The predicted molar refractivity (Wildman–Crippen MR) is 152 cm³/mol. The number of anilines is 1. The Hall–Kier alpha value is -3.43. The molecule has 0 aromatic heterocycles. The molecule has 0 saturated heterocycles. The summed E-state index contributed by atoms with van der Waals surface area (Å²) in [5, 5.41) is 3.39. The topological polar surface area (TPSA) is 86.8 Å². The third-order valence-electron chi connectivity index (χ3n) is 6.14. The zero-order chi connectivity index (χ0) is 28.4. The first-order chi connectivity index (χ1) is 18.6. The van der Waals surface area contributed by atoms with Crippen molar-refractivity contribution in [1.82, 2.24) is 10.2 Å². The number of hydrogen-bond donors (Lipinski definition) is 1. The van der Waals surface area contributed by atoms with Crippen LogP contribution in [0.1, 0.15) is 30.9 Å². The molecule has 0 spiro atoms. The van der Waals surface area contributed by atoms with Crippen molar-refractivity contribution in [2.45, 2.75) is 38.8 Å². The summed E-state index contributed by atoms with van der Waals surface area (Å²) >= 11 is 6.20. The molecule has 0 heterocycles. The van der Waals surface area contributed by atoms with Crippen molar-refractivity contribution in [1.29, 1.82) is 0 Å². The molecule has 0 saturated carbocycles. The van der Waals surface area contributed by atoms with Gasteiger partial charge in [-0.25, -0.2) is 12.8 Å². The third-order valence-corrected chi connectivity index (χ3v) is 7.51. The van der Waals surface area contributed by atoms with E-state index in [1.54, 1.807) is 24.3 Å². The Morgan fingerprint density at radius 1 is 0.974 bits per heavy atom. The number of hydrogen-bond acceptors (Lipinski definition) is 4. The van der Waals surface area contributed by atoms with Gasteiger partial charge < -0.3 is 10.2 Å². The molecule has 3 aromatic rings. The van der Waals surface area contributed by atoms with Gasteiger partial charge in [0.1, 0.15) is 18.4 Å². The molecule has 1 atom stereocenters. The number of amides is 2. The molecule has 7 nitrogen and oxygen atoms in total. The van der Waals surface area contributed by atoms with Crippen LogP contribution in [0.3, 0.4) is 0 Å². The highest BCUT2D eigenvalue weighted by Crippen LogP contribution is 2.21. The minimum atomic E-state index is -3.92. The summed E-state index contributed by atoms with van der Waals surface area (Å²) < 4.78 is 39.9. The molecule has 0 aliphatic carbocycles. The van der Waals surface area contributed by atoms with E-state index in [2.05, 4.69) is 5.32 Å². The van der Waals surface area contributed by atoms with Gasteiger partial charge >= 0.3 is 0 Å². The number of nitrogens with one attached hydrogen (secondary N) is 1. The van der Waals surface area contributed by atoms with E-state index in [4.69, 9.17) is 11.6 Å². The van der Waals surface area contributed by atoms with Gasteiger partial charge in [-0.3, -0.25) is 13.9 Å². The fourth-order valence-electron chi connectivity index (χ4n) is 4.11. The third kappa shape index (κ3) is 9.07. The summed E-state index contributed by atoms with van der Waals surface area (Å²) in [5.74, 6) is -1.46. The van der Waals surface area contributed by atoms with Crippen molar-refractivity contribution in [2.24, 2.45) is 0 Å². The number of halogens is 2. The molecule has 0 fully saturated rings. The van der Waals surface area contributed by atoms with Crippen molar-refractivity contribution in [3.05, 3.63) is 101 Å². The highest BCUT2D eigenvalue weighted by molar-refractivity contribution is 7.92. The number of rotatable bonds is 13. The average Bonchev–Trinajstić information content (AvgIpc) is 2.90. The summed E-state index contributed by atoms with van der Waals surface area (Å²) in [5.41, 5.74) is 1.67. The summed E-state index contributed by atoms with van der Waals surface area (Å²) in [6.45, 7) is 1.92. The molecule has 0 aliphatic heterocycles. The maximum atomic E-state index is 13.9. The Morgan fingerprint density at radius 3 is 2.26 bits per heavy atom. The minimum absolute atomic E-state index is 0.0269. The van der Waals surface area contributed by atoms with E-state index >= 15 is 0 Å². The van der Waals surface area contributed by atoms with Crippen LogP contribution in [-0.4, -0.2) is 50.5 Å². The molecule has 2 amide bonds. The number of carbonyl (C=O) groups is 2. The first kappa shape index (κ1) is 30.1. The fraction of sp³-hybridized carbons (Fsp3) is 0.310. The van der Waals surface area contributed by atoms with Crippen LogP contribution in [0.15, 0.2) is 78.9 Å². The second kappa shape index (κ2) is 14.1. The zero-order valence-corrected chi connectivity index (χ0v) is 23.6.